The first-order valence-corrected chi connectivity index (χ1v) is 11.4. The number of aliphatic hydroxyl groups excluding tert-OH is 1. The van der Waals surface area contributed by atoms with E-state index in [-0.39, 0.29) is 31.0 Å². The Morgan fingerprint density at radius 3 is 2.64 bits per heavy atom. The highest BCUT2D eigenvalue weighted by atomic mass is 35.5. The monoisotopic (exact) mass is 521 g/mol. The van der Waals surface area contributed by atoms with Gasteiger partial charge >= 0.3 is 6.18 Å². The minimum absolute atomic E-state index is 0.0389. The second-order valence-electron chi connectivity index (χ2n) is 9.29. The summed E-state index contributed by atoms with van der Waals surface area (Å²) < 4.78 is 52.4. The number of hydrogen-bond donors (Lipinski definition) is 1. The Morgan fingerprint density at radius 2 is 2.00 bits per heavy atom. The molecule has 5 atom stereocenters. The number of benzene rings is 1. The summed E-state index contributed by atoms with van der Waals surface area (Å²) in [7, 11) is 0. The summed E-state index contributed by atoms with van der Waals surface area (Å²) in [5.74, 6) is -3.31. The summed E-state index contributed by atoms with van der Waals surface area (Å²) >= 11 is 5.82. The lowest BCUT2D eigenvalue weighted by molar-refractivity contribution is -0.138. The molecule has 1 N–H and O–H groups in total. The van der Waals surface area contributed by atoms with Crippen LogP contribution in [0.4, 0.5) is 18.9 Å². The summed E-state index contributed by atoms with van der Waals surface area (Å²) in [4.78, 5) is 31.7. The van der Waals surface area contributed by atoms with E-state index in [4.69, 9.17) is 26.3 Å². The van der Waals surface area contributed by atoms with Gasteiger partial charge < -0.3 is 14.6 Å². The number of rotatable bonds is 5. The summed E-state index contributed by atoms with van der Waals surface area (Å²) in [6, 6.07) is 7.31. The van der Waals surface area contributed by atoms with Crippen LogP contribution < -0.4 is 9.64 Å². The van der Waals surface area contributed by atoms with E-state index in [9.17, 15) is 27.9 Å². The van der Waals surface area contributed by atoms with Crippen LogP contribution in [0.5, 0.6) is 5.88 Å². The zero-order valence-electron chi connectivity index (χ0n) is 18.8. The molecule has 1 aromatic heterocycles. The van der Waals surface area contributed by atoms with E-state index in [1.54, 1.807) is 12.1 Å². The smallest absolute Gasteiger partial charge is 0.417 e. The maximum absolute atomic E-state index is 13.6. The van der Waals surface area contributed by atoms with Gasteiger partial charge in [-0.05, 0) is 31.2 Å². The number of nitriles is 1. The minimum atomic E-state index is -4.86. The number of halogens is 4. The molecule has 2 aromatic rings. The number of anilines is 1. The molecule has 36 heavy (non-hydrogen) atoms. The Hall–Kier alpha value is -3.20. The average Bonchev–Trinajstić information content (AvgIpc) is 3.35. The fourth-order valence-corrected chi connectivity index (χ4v) is 5.77. The van der Waals surface area contributed by atoms with E-state index >= 15 is 0 Å². The van der Waals surface area contributed by atoms with Crippen LogP contribution in [0, 0.1) is 23.2 Å². The molecule has 5 rings (SSSR count). The molecule has 3 aliphatic rings. The second kappa shape index (κ2) is 8.16. The van der Waals surface area contributed by atoms with Crippen LogP contribution in [-0.4, -0.2) is 45.8 Å². The number of pyridine rings is 1. The molecule has 1 unspecified atom stereocenters. The molecule has 4 heterocycles. The molecule has 0 aliphatic carbocycles. The van der Waals surface area contributed by atoms with Crippen molar-refractivity contribution < 1.29 is 37.3 Å². The molecular weight excluding hydrogens is 503 g/mol. The predicted molar refractivity (Wildman–Crippen MR) is 118 cm³/mol. The van der Waals surface area contributed by atoms with Gasteiger partial charge in [0.25, 0.3) is 0 Å². The number of nitrogens with zero attached hydrogens (tertiary/aromatic N) is 3. The third-order valence-corrected chi connectivity index (χ3v) is 7.50. The van der Waals surface area contributed by atoms with Gasteiger partial charge in [0, 0.05) is 25.1 Å². The van der Waals surface area contributed by atoms with Crippen molar-refractivity contribution in [2.75, 3.05) is 11.5 Å². The lowest BCUT2D eigenvalue weighted by Crippen LogP contribution is -2.49. The third kappa shape index (κ3) is 3.55. The molecule has 0 spiro atoms. The first-order chi connectivity index (χ1) is 16.9. The van der Waals surface area contributed by atoms with Crippen molar-refractivity contribution in [3.8, 4) is 11.9 Å². The lowest BCUT2D eigenvalue weighted by atomic mass is 9.66. The van der Waals surface area contributed by atoms with Gasteiger partial charge in [-0.1, -0.05) is 11.6 Å². The number of ether oxygens (including phenoxy) is 2. The largest absolute Gasteiger partial charge is 0.478 e. The number of aliphatic hydroxyl groups is 1. The second-order valence-corrected chi connectivity index (χ2v) is 9.73. The van der Waals surface area contributed by atoms with Crippen LogP contribution in [0.3, 0.4) is 0 Å². The van der Waals surface area contributed by atoms with Crippen LogP contribution in [0.25, 0.3) is 0 Å². The van der Waals surface area contributed by atoms with Gasteiger partial charge in [0.05, 0.1) is 58.1 Å². The van der Waals surface area contributed by atoms with Gasteiger partial charge in [0.1, 0.15) is 5.60 Å². The zero-order valence-corrected chi connectivity index (χ0v) is 19.5. The number of imide groups is 1. The molecular formula is C24H19ClF3N3O5. The molecule has 12 heteroatoms. The van der Waals surface area contributed by atoms with E-state index in [0.717, 1.165) is 12.1 Å². The summed E-state index contributed by atoms with van der Waals surface area (Å²) in [6.45, 7) is 1.57. The molecule has 8 nitrogen and oxygen atoms in total. The fourth-order valence-electron chi connectivity index (χ4n) is 5.66. The highest BCUT2D eigenvalue weighted by molar-refractivity contribution is 6.30. The SMILES string of the molecule is C[C@@]12OC(CCOc3ccc(Cl)cn3)(C[C@@H]1O)[C@H]1C(=O)N(c3ccc(C#N)c(C(F)(F)F)c3)C(=O)[C@H]12. The lowest BCUT2D eigenvalue weighted by Gasteiger charge is -2.33. The molecule has 3 saturated heterocycles. The van der Waals surface area contributed by atoms with E-state index in [1.165, 1.54) is 19.2 Å². The highest BCUT2D eigenvalue weighted by Crippen LogP contribution is 2.62. The standard InChI is InChI=1S/C24H19ClF3N3O5/c1-22-16(32)9-23(36-22,6-7-35-17-5-3-13(25)11-30-17)19-18(22)20(33)31(21(19)34)14-4-2-12(10-29)15(8-14)24(26,27)28/h2-5,8,11,16,18-19,32H,6-7,9H2,1H3/t16-,18-,19+,22+,23?/m0/s1. The fraction of sp³-hybridized carbons (Fsp3) is 0.417. The average molecular weight is 522 g/mol. The molecule has 1 aromatic carbocycles. The van der Waals surface area contributed by atoms with Gasteiger partial charge in [0.2, 0.25) is 17.7 Å². The summed E-state index contributed by atoms with van der Waals surface area (Å²) in [5, 5.41) is 20.2. The van der Waals surface area contributed by atoms with Crippen molar-refractivity contribution in [2.24, 2.45) is 11.8 Å². The van der Waals surface area contributed by atoms with Crippen molar-refractivity contribution in [1.29, 1.82) is 5.26 Å². The molecule has 2 bridgehead atoms. The predicted octanol–water partition coefficient (Wildman–Crippen LogP) is 3.49. The molecule has 3 aliphatic heterocycles. The number of amides is 2. The number of fused-ring (bicyclic) bond motifs is 5. The Labute approximate surface area is 208 Å². The Morgan fingerprint density at radius 1 is 1.28 bits per heavy atom. The van der Waals surface area contributed by atoms with Crippen molar-refractivity contribution >= 4 is 29.1 Å². The van der Waals surface area contributed by atoms with Crippen LogP contribution in [-0.2, 0) is 20.5 Å². The van der Waals surface area contributed by atoms with E-state index in [1.807, 2.05) is 0 Å². The highest BCUT2D eigenvalue weighted by Gasteiger charge is 2.77. The molecule has 3 fully saturated rings. The van der Waals surface area contributed by atoms with Crippen LogP contribution >= 0.6 is 11.6 Å². The molecule has 0 saturated carbocycles. The summed E-state index contributed by atoms with van der Waals surface area (Å²) in [6.07, 6.45) is -4.36. The maximum atomic E-state index is 13.6. The van der Waals surface area contributed by atoms with E-state index in [0.29, 0.717) is 16.0 Å². The third-order valence-electron chi connectivity index (χ3n) is 7.28. The molecule has 188 valence electrons. The Bertz CT molecular complexity index is 1300. The number of carbonyl (C=O) groups is 2. The van der Waals surface area contributed by atoms with Crippen molar-refractivity contribution in [2.45, 2.75) is 43.2 Å². The maximum Gasteiger partial charge on any atom is 0.417 e. The van der Waals surface area contributed by atoms with Crippen LogP contribution in [0.1, 0.15) is 30.9 Å². The Kier molecular flexibility index (Phi) is 5.55. The number of hydrogen-bond acceptors (Lipinski definition) is 7. The first kappa shape index (κ1) is 24.5. The topological polar surface area (TPSA) is 113 Å². The van der Waals surface area contributed by atoms with E-state index < -0.39 is 58.3 Å². The number of carbonyl (C=O) groups excluding carboxylic acids is 2. The quantitative estimate of drug-likeness (QED) is 0.599. The van der Waals surface area contributed by atoms with Gasteiger partial charge in [0.15, 0.2) is 0 Å². The summed E-state index contributed by atoms with van der Waals surface area (Å²) in [5.41, 5.74) is -4.82. The van der Waals surface area contributed by atoms with Gasteiger partial charge in [-0.25, -0.2) is 9.88 Å². The Balaban J connectivity index is 1.46. The van der Waals surface area contributed by atoms with Gasteiger partial charge in [-0.2, -0.15) is 18.4 Å². The van der Waals surface area contributed by atoms with Crippen molar-refractivity contribution in [3.63, 3.8) is 0 Å². The number of alkyl halides is 3. The number of aromatic nitrogens is 1. The first-order valence-electron chi connectivity index (χ1n) is 11.0. The van der Waals surface area contributed by atoms with Crippen molar-refractivity contribution in [1.82, 2.24) is 4.98 Å². The van der Waals surface area contributed by atoms with Gasteiger partial charge in [-0.3, -0.25) is 9.59 Å². The van der Waals surface area contributed by atoms with Crippen LogP contribution in [0.2, 0.25) is 5.02 Å². The molecule has 0 radical (unpaired) electrons. The minimum Gasteiger partial charge on any atom is -0.478 e. The normalized spacial score (nSPS) is 31.0. The van der Waals surface area contributed by atoms with E-state index in [2.05, 4.69) is 4.98 Å². The van der Waals surface area contributed by atoms with Crippen molar-refractivity contribution in [3.05, 3.63) is 52.7 Å². The van der Waals surface area contributed by atoms with Gasteiger partial charge in [-0.15, -0.1) is 0 Å². The zero-order chi connectivity index (χ0) is 26.0. The van der Waals surface area contributed by atoms with Crippen LogP contribution in [0.15, 0.2) is 36.5 Å². The molecule has 2 amide bonds.